The highest BCUT2D eigenvalue weighted by Gasteiger charge is 2.47. The molecule has 3 nitrogen and oxygen atoms in total. The van der Waals surface area contributed by atoms with Crippen LogP contribution < -0.4 is 5.73 Å². The number of nitrogens with zero attached hydrogens (tertiary/aromatic N) is 2. The number of nitrogen functional groups attached to an aromatic ring is 1. The molecule has 0 amide bonds. The fourth-order valence-electron chi connectivity index (χ4n) is 8.18. The molecule has 236 valence electrons. The molecule has 0 fully saturated rings. The van der Waals surface area contributed by atoms with Crippen molar-refractivity contribution < 1.29 is 0 Å². The lowest BCUT2D eigenvalue weighted by molar-refractivity contribution is 0.769. The van der Waals surface area contributed by atoms with Crippen LogP contribution in [0.25, 0.3) is 60.4 Å². The smallest absolute Gasteiger partial charge is 0.145 e. The Morgan fingerprint density at radius 2 is 1.20 bits per heavy atom. The van der Waals surface area contributed by atoms with Crippen molar-refractivity contribution in [1.29, 1.82) is 0 Å². The van der Waals surface area contributed by atoms with Gasteiger partial charge in [0.15, 0.2) is 0 Å². The Morgan fingerprint density at radius 3 is 2.00 bits per heavy atom. The molecule has 0 spiro atoms. The summed E-state index contributed by atoms with van der Waals surface area (Å²) in [5.74, 6) is 0.929. The monoisotopic (exact) mass is 657 g/mol. The van der Waals surface area contributed by atoms with E-state index in [4.69, 9.17) is 10.7 Å². The Bertz CT molecular complexity index is 2690. The first kappa shape index (κ1) is 28.8. The maximum absolute atomic E-state index is 6.11. The van der Waals surface area contributed by atoms with Crippen LogP contribution in [0.15, 0.2) is 175 Å². The largest absolute Gasteiger partial charge is 0.399 e. The molecule has 1 aliphatic rings. The summed E-state index contributed by atoms with van der Waals surface area (Å²) in [5.41, 5.74) is 20.7. The molecule has 1 aliphatic carbocycles. The minimum absolute atomic E-state index is 0.514. The Hall–Kier alpha value is -6.23. The zero-order valence-corrected chi connectivity index (χ0v) is 27.9. The topological polar surface area (TPSA) is 43.8 Å². The molecule has 2 heterocycles. The second-order valence-corrected chi connectivity index (χ2v) is 13.9. The zero-order valence-electron chi connectivity index (χ0n) is 27.1. The van der Waals surface area contributed by atoms with Crippen LogP contribution in [0.2, 0.25) is 0 Å². The van der Waals surface area contributed by atoms with E-state index >= 15 is 0 Å². The molecule has 4 heteroatoms. The molecule has 1 atom stereocenters. The summed E-state index contributed by atoms with van der Waals surface area (Å²) in [6.07, 6.45) is 0. The molecule has 0 bridgehead atoms. The molecule has 7 aromatic carbocycles. The van der Waals surface area contributed by atoms with Crippen molar-refractivity contribution >= 4 is 38.1 Å². The first-order valence-corrected chi connectivity index (χ1v) is 17.8. The van der Waals surface area contributed by atoms with Crippen LogP contribution >= 0.6 is 11.3 Å². The lowest BCUT2D eigenvalue weighted by Gasteiger charge is -2.34. The molecule has 2 aromatic heterocycles. The molecule has 9 aromatic rings. The van der Waals surface area contributed by atoms with Crippen molar-refractivity contribution in [2.75, 3.05) is 5.73 Å². The number of fused-ring (bicyclic) bond motifs is 6. The minimum Gasteiger partial charge on any atom is -0.399 e. The SMILES string of the molecule is Nc1ccc(-c2csc3ccc4c(c23)-c2ccccc2C4(c2ccccc2)c2ccc(-c3nc4ccccc4n3-c3ccccc3)cc2)cc1. The average molecular weight is 658 g/mol. The van der Waals surface area contributed by atoms with Gasteiger partial charge < -0.3 is 5.73 Å². The summed E-state index contributed by atoms with van der Waals surface area (Å²) >= 11 is 1.81. The molecule has 50 heavy (non-hydrogen) atoms. The molecule has 0 radical (unpaired) electrons. The predicted molar refractivity (Wildman–Crippen MR) is 209 cm³/mol. The Morgan fingerprint density at radius 1 is 0.540 bits per heavy atom. The quantitative estimate of drug-likeness (QED) is 0.187. The molecular weight excluding hydrogens is 627 g/mol. The number of nitrogens with two attached hydrogens (primary N) is 1. The van der Waals surface area contributed by atoms with Crippen molar-refractivity contribution in [1.82, 2.24) is 9.55 Å². The van der Waals surface area contributed by atoms with Gasteiger partial charge in [-0.05, 0) is 86.8 Å². The molecule has 0 saturated carbocycles. The van der Waals surface area contributed by atoms with Crippen LogP contribution in [-0.2, 0) is 5.41 Å². The highest BCUT2D eigenvalue weighted by molar-refractivity contribution is 7.17. The van der Waals surface area contributed by atoms with E-state index in [1.807, 2.05) is 12.1 Å². The van der Waals surface area contributed by atoms with Crippen LogP contribution in [-0.4, -0.2) is 9.55 Å². The zero-order chi connectivity index (χ0) is 33.2. The first-order chi connectivity index (χ1) is 24.7. The van der Waals surface area contributed by atoms with Crippen LogP contribution in [0.5, 0.6) is 0 Å². The van der Waals surface area contributed by atoms with E-state index < -0.39 is 5.41 Å². The van der Waals surface area contributed by atoms with Crippen LogP contribution in [0.4, 0.5) is 5.69 Å². The summed E-state index contributed by atoms with van der Waals surface area (Å²) in [5, 5.41) is 3.60. The van der Waals surface area contributed by atoms with Gasteiger partial charge in [-0.3, -0.25) is 4.57 Å². The van der Waals surface area contributed by atoms with Crippen LogP contribution in [0.1, 0.15) is 22.3 Å². The molecule has 1 unspecified atom stereocenters. The summed E-state index contributed by atoms with van der Waals surface area (Å²) < 4.78 is 3.55. The number of aromatic nitrogens is 2. The maximum Gasteiger partial charge on any atom is 0.145 e. The van der Waals surface area contributed by atoms with E-state index in [1.54, 1.807) is 11.3 Å². The normalized spacial score (nSPS) is 15.0. The van der Waals surface area contributed by atoms with Crippen molar-refractivity contribution in [3.63, 3.8) is 0 Å². The van der Waals surface area contributed by atoms with Crippen molar-refractivity contribution in [3.05, 3.63) is 197 Å². The van der Waals surface area contributed by atoms with Crippen LogP contribution in [0.3, 0.4) is 0 Å². The molecule has 0 aliphatic heterocycles. The number of hydrogen-bond donors (Lipinski definition) is 1. The molecule has 10 rings (SSSR count). The highest BCUT2D eigenvalue weighted by atomic mass is 32.1. The van der Waals surface area contributed by atoms with Crippen LogP contribution in [0, 0.1) is 0 Å². The van der Waals surface area contributed by atoms with E-state index in [9.17, 15) is 0 Å². The van der Waals surface area contributed by atoms with Gasteiger partial charge in [-0.1, -0.05) is 127 Å². The Balaban J connectivity index is 1.23. The maximum atomic E-state index is 6.11. The number of benzene rings is 7. The lowest BCUT2D eigenvalue weighted by atomic mass is 9.67. The third kappa shape index (κ3) is 4.12. The van der Waals surface area contributed by atoms with Gasteiger partial charge in [0.2, 0.25) is 0 Å². The second-order valence-electron chi connectivity index (χ2n) is 13.0. The first-order valence-electron chi connectivity index (χ1n) is 16.9. The molecule has 0 saturated heterocycles. The summed E-state index contributed by atoms with van der Waals surface area (Å²) in [7, 11) is 0. The fourth-order valence-corrected chi connectivity index (χ4v) is 9.15. The van der Waals surface area contributed by atoms with E-state index in [1.165, 1.54) is 54.6 Å². The number of imidazole rings is 1. The van der Waals surface area contributed by atoms with Gasteiger partial charge in [0.05, 0.1) is 16.4 Å². The molecular formula is C46H31N3S. The third-order valence-corrected chi connectivity index (χ3v) is 11.3. The van der Waals surface area contributed by atoms with E-state index in [0.29, 0.717) is 0 Å². The predicted octanol–water partition coefficient (Wildman–Crippen LogP) is 11.5. The number of rotatable bonds is 5. The second kappa shape index (κ2) is 11.2. The van der Waals surface area contributed by atoms with E-state index in [2.05, 4.69) is 168 Å². The van der Waals surface area contributed by atoms with Crippen molar-refractivity contribution in [2.24, 2.45) is 0 Å². The highest BCUT2D eigenvalue weighted by Crippen LogP contribution is 2.59. The fraction of sp³-hybridized carbons (Fsp3) is 0.0217. The molecule has 2 N–H and O–H groups in total. The van der Waals surface area contributed by atoms with Crippen molar-refractivity contribution in [2.45, 2.75) is 5.41 Å². The Kier molecular flexibility index (Phi) is 6.42. The lowest BCUT2D eigenvalue weighted by Crippen LogP contribution is -2.28. The Labute approximate surface area is 294 Å². The minimum atomic E-state index is -0.514. The number of hydrogen-bond acceptors (Lipinski definition) is 3. The summed E-state index contributed by atoms with van der Waals surface area (Å²) in [6, 6.07) is 61.0. The standard InChI is InChI=1S/C46H31N3S/c47-34-25-21-30(22-26-34)37-29-50-42-28-27-39-43(44(37)42)36-15-7-8-16-38(36)46(39,32-11-3-1-4-12-32)33-23-19-31(20-24-33)45-48-40-17-9-10-18-41(40)49(45)35-13-5-2-6-14-35/h1-29H,47H2. The number of anilines is 1. The van der Waals surface area contributed by atoms with E-state index in [0.717, 1.165) is 33.8 Å². The van der Waals surface area contributed by atoms with Gasteiger partial charge in [0.25, 0.3) is 0 Å². The van der Waals surface area contributed by atoms with Gasteiger partial charge in [-0.15, -0.1) is 11.3 Å². The number of para-hydroxylation sites is 3. The van der Waals surface area contributed by atoms with Gasteiger partial charge in [-0.2, -0.15) is 0 Å². The van der Waals surface area contributed by atoms with Gasteiger partial charge in [-0.25, -0.2) is 4.98 Å². The van der Waals surface area contributed by atoms with E-state index in [-0.39, 0.29) is 0 Å². The number of thiophene rings is 1. The van der Waals surface area contributed by atoms with Crippen molar-refractivity contribution in [3.8, 4) is 39.3 Å². The average Bonchev–Trinajstić information content (AvgIpc) is 3.87. The summed E-state index contributed by atoms with van der Waals surface area (Å²) in [4.78, 5) is 5.16. The third-order valence-electron chi connectivity index (χ3n) is 10.3. The summed E-state index contributed by atoms with van der Waals surface area (Å²) in [6.45, 7) is 0. The van der Waals surface area contributed by atoms with Gasteiger partial charge in [0.1, 0.15) is 5.82 Å². The van der Waals surface area contributed by atoms with Gasteiger partial charge in [0, 0.05) is 32.6 Å². The van der Waals surface area contributed by atoms with Gasteiger partial charge >= 0.3 is 0 Å².